The lowest BCUT2D eigenvalue weighted by molar-refractivity contribution is -0.136. The monoisotopic (exact) mass is 672 g/mol. The standard InChI is InChI=1S/C40H40N4O6/c45-33-23-35(43(25-33)37(47)21-29-7-3-1-4-8-29)39(49)41-31-17-13-27(14-18-31)11-12-28-15-19-32(20-16-28)42-40(50)36-24-34(46)26-44(36)38(48)22-30-9-5-2-6-10-30/h1-20,33-36,45-46H,21-26H2,(H,41,49)(H,42,50)/b12-11+/t33-,34-,35+,36+/m1/s1. The topological polar surface area (TPSA) is 139 Å². The molecule has 0 aliphatic carbocycles. The van der Waals surface area contributed by atoms with Crippen LogP contribution in [0.15, 0.2) is 109 Å². The van der Waals surface area contributed by atoms with E-state index in [4.69, 9.17) is 0 Å². The van der Waals surface area contributed by atoms with Crippen molar-refractivity contribution in [3.63, 3.8) is 0 Å². The molecule has 50 heavy (non-hydrogen) atoms. The number of benzene rings is 4. The van der Waals surface area contributed by atoms with Crippen LogP contribution < -0.4 is 10.6 Å². The molecule has 0 saturated carbocycles. The number of nitrogens with zero attached hydrogens (tertiary/aromatic N) is 2. The Hall–Kier alpha value is -5.58. The van der Waals surface area contributed by atoms with E-state index in [2.05, 4.69) is 10.6 Å². The molecule has 0 unspecified atom stereocenters. The van der Waals surface area contributed by atoms with Crippen molar-refractivity contribution >= 4 is 47.2 Å². The van der Waals surface area contributed by atoms with Gasteiger partial charge in [0.05, 0.1) is 25.0 Å². The smallest absolute Gasteiger partial charge is 0.247 e. The van der Waals surface area contributed by atoms with Gasteiger partial charge in [-0.1, -0.05) is 97.1 Å². The normalized spacial score (nSPS) is 20.2. The van der Waals surface area contributed by atoms with E-state index in [-0.39, 0.29) is 62.4 Å². The lowest BCUT2D eigenvalue weighted by Crippen LogP contribution is -2.43. The summed E-state index contributed by atoms with van der Waals surface area (Å²) in [5, 5.41) is 26.2. The Kier molecular flexibility index (Phi) is 10.8. The predicted octanol–water partition coefficient (Wildman–Crippen LogP) is 4.14. The van der Waals surface area contributed by atoms with Crippen molar-refractivity contribution in [2.75, 3.05) is 23.7 Å². The van der Waals surface area contributed by atoms with E-state index in [9.17, 15) is 29.4 Å². The summed E-state index contributed by atoms with van der Waals surface area (Å²) in [4.78, 5) is 55.1. The maximum absolute atomic E-state index is 13.1. The number of amides is 4. The van der Waals surface area contributed by atoms with E-state index >= 15 is 0 Å². The first-order chi connectivity index (χ1) is 24.2. The number of likely N-dealkylation sites (tertiary alicyclic amines) is 2. The highest BCUT2D eigenvalue weighted by Crippen LogP contribution is 2.24. The number of anilines is 2. The summed E-state index contributed by atoms with van der Waals surface area (Å²) in [6, 6.07) is 31.7. The molecule has 0 spiro atoms. The number of carbonyl (C=O) groups excluding carboxylic acids is 4. The molecule has 4 aromatic carbocycles. The number of β-amino-alcohol motifs (C(OH)–C–C–N with tert-alkyl or cyclic N) is 2. The van der Waals surface area contributed by atoms with Crippen LogP contribution in [-0.2, 0) is 32.0 Å². The fraction of sp³-hybridized carbons (Fsp3) is 0.250. The lowest BCUT2D eigenvalue weighted by Gasteiger charge is -2.24. The molecule has 4 N–H and O–H groups in total. The zero-order chi connectivity index (χ0) is 35.0. The highest BCUT2D eigenvalue weighted by atomic mass is 16.3. The van der Waals surface area contributed by atoms with Crippen LogP contribution in [0, 0.1) is 0 Å². The Morgan fingerprint density at radius 1 is 0.560 bits per heavy atom. The van der Waals surface area contributed by atoms with Gasteiger partial charge in [-0.05, 0) is 46.5 Å². The molecule has 4 atom stereocenters. The van der Waals surface area contributed by atoms with E-state index in [1.807, 2.05) is 97.1 Å². The van der Waals surface area contributed by atoms with Gasteiger partial charge in [-0.25, -0.2) is 0 Å². The number of aliphatic hydroxyl groups excluding tert-OH is 2. The molecule has 2 fully saturated rings. The van der Waals surface area contributed by atoms with Gasteiger partial charge in [-0.15, -0.1) is 0 Å². The predicted molar refractivity (Wildman–Crippen MR) is 192 cm³/mol. The highest BCUT2D eigenvalue weighted by Gasteiger charge is 2.40. The van der Waals surface area contributed by atoms with Crippen LogP contribution in [0.3, 0.4) is 0 Å². The molecular weight excluding hydrogens is 632 g/mol. The summed E-state index contributed by atoms with van der Waals surface area (Å²) < 4.78 is 0. The molecule has 0 aromatic heterocycles. The van der Waals surface area contributed by atoms with Gasteiger partial charge < -0.3 is 30.6 Å². The quantitative estimate of drug-likeness (QED) is 0.187. The third kappa shape index (κ3) is 8.71. The number of hydrogen-bond acceptors (Lipinski definition) is 6. The van der Waals surface area contributed by atoms with Gasteiger partial charge in [-0.2, -0.15) is 0 Å². The minimum absolute atomic E-state index is 0.125. The van der Waals surface area contributed by atoms with Crippen molar-refractivity contribution in [1.82, 2.24) is 9.80 Å². The number of hydrogen-bond donors (Lipinski definition) is 4. The molecule has 2 saturated heterocycles. The van der Waals surface area contributed by atoms with Crippen molar-refractivity contribution < 1.29 is 29.4 Å². The fourth-order valence-electron chi connectivity index (χ4n) is 6.42. The van der Waals surface area contributed by atoms with Crippen molar-refractivity contribution in [2.45, 2.75) is 50.0 Å². The molecule has 0 radical (unpaired) electrons. The van der Waals surface area contributed by atoms with Crippen LogP contribution in [-0.4, -0.2) is 81.0 Å². The molecule has 10 heteroatoms. The molecule has 4 aromatic rings. The van der Waals surface area contributed by atoms with Gasteiger partial charge in [-0.3, -0.25) is 19.2 Å². The SMILES string of the molecule is O=C(Nc1ccc(/C=C/c2ccc(NC(=O)[C@@H]3C[C@@H](O)CN3C(=O)Cc3ccccc3)cc2)cc1)[C@@H]1C[C@@H](O)CN1C(=O)Cc1ccccc1. The van der Waals surface area contributed by atoms with Gasteiger partial charge in [0.2, 0.25) is 23.6 Å². The molecule has 256 valence electrons. The number of carbonyl (C=O) groups is 4. The van der Waals surface area contributed by atoms with Crippen LogP contribution in [0.4, 0.5) is 11.4 Å². The van der Waals surface area contributed by atoms with Crippen LogP contribution in [0.1, 0.15) is 35.1 Å². The van der Waals surface area contributed by atoms with E-state index in [0.717, 1.165) is 22.3 Å². The van der Waals surface area contributed by atoms with Gasteiger partial charge in [0.15, 0.2) is 0 Å². The minimum atomic E-state index is -0.754. The average Bonchev–Trinajstić information content (AvgIpc) is 3.72. The first-order valence-electron chi connectivity index (χ1n) is 16.7. The maximum atomic E-state index is 13.1. The summed E-state index contributed by atoms with van der Waals surface area (Å²) >= 11 is 0. The van der Waals surface area contributed by atoms with E-state index in [1.165, 1.54) is 9.80 Å². The first-order valence-corrected chi connectivity index (χ1v) is 16.7. The van der Waals surface area contributed by atoms with Crippen molar-refractivity contribution in [3.8, 4) is 0 Å². The third-order valence-corrected chi connectivity index (χ3v) is 9.03. The maximum Gasteiger partial charge on any atom is 0.247 e. The molecule has 10 nitrogen and oxygen atoms in total. The van der Waals surface area contributed by atoms with Crippen LogP contribution in [0.5, 0.6) is 0 Å². The minimum Gasteiger partial charge on any atom is -0.391 e. The van der Waals surface area contributed by atoms with E-state index in [0.29, 0.717) is 11.4 Å². The summed E-state index contributed by atoms with van der Waals surface area (Å²) in [6.07, 6.45) is 3.04. The third-order valence-electron chi connectivity index (χ3n) is 9.03. The Morgan fingerprint density at radius 2 is 0.920 bits per heavy atom. The van der Waals surface area contributed by atoms with Gasteiger partial charge in [0, 0.05) is 37.3 Å². The zero-order valence-electron chi connectivity index (χ0n) is 27.5. The number of nitrogens with one attached hydrogen (secondary N) is 2. The zero-order valence-corrected chi connectivity index (χ0v) is 27.5. The first kappa shape index (κ1) is 34.3. The number of aliphatic hydroxyl groups is 2. The van der Waals surface area contributed by atoms with E-state index < -0.39 is 24.3 Å². The van der Waals surface area contributed by atoms with E-state index in [1.54, 1.807) is 24.3 Å². The van der Waals surface area contributed by atoms with Gasteiger partial charge in [0.25, 0.3) is 0 Å². The second kappa shape index (κ2) is 15.8. The van der Waals surface area contributed by atoms with Crippen molar-refractivity contribution in [3.05, 3.63) is 131 Å². The molecule has 2 aliphatic rings. The average molecular weight is 673 g/mol. The highest BCUT2D eigenvalue weighted by molar-refractivity contribution is 5.99. The van der Waals surface area contributed by atoms with Crippen LogP contribution >= 0.6 is 0 Å². The van der Waals surface area contributed by atoms with Gasteiger partial charge >= 0.3 is 0 Å². The summed E-state index contributed by atoms with van der Waals surface area (Å²) in [7, 11) is 0. The Balaban J connectivity index is 1.00. The molecule has 6 rings (SSSR count). The molecule has 0 bridgehead atoms. The summed E-state index contributed by atoms with van der Waals surface area (Å²) in [6.45, 7) is 0.251. The van der Waals surface area contributed by atoms with Crippen LogP contribution in [0.25, 0.3) is 12.2 Å². The molecule has 2 aliphatic heterocycles. The Labute approximate surface area is 291 Å². The fourth-order valence-corrected chi connectivity index (χ4v) is 6.42. The molecule has 2 heterocycles. The lowest BCUT2D eigenvalue weighted by atomic mass is 10.1. The number of rotatable bonds is 10. The molecule has 4 amide bonds. The molecular formula is C40H40N4O6. The summed E-state index contributed by atoms with van der Waals surface area (Å²) in [5.41, 5.74) is 4.67. The Morgan fingerprint density at radius 3 is 1.28 bits per heavy atom. The second-order valence-corrected chi connectivity index (χ2v) is 12.8. The van der Waals surface area contributed by atoms with Crippen LogP contribution in [0.2, 0.25) is 0 Å². The summed E-state index contributed by atoms with van der Waals surface area (Å²) in [5.74, 6) is -1.08. The largest absolute Gasteiger partial charge is 0.391 e. The van der Waals surface area contributed by atoms with Gasteiger partial charge in [0.1, 0.15) is 12.1 Å². The van der Waals surface area contributed by atoms with Crippen molar-refractivity contribution in [2.24, 2.45) is 0 Å². The second-order valence-electron chi connectivity index (χ2n) is 12.8. The van der Waals surface area contributed by atoms with Crippen molar-refractivity contribution in [1.29, 1.82) is 0 Å². The Bertz CT molecular complexity index is 1690.